The fourth-order valence-corrected chi connectivity index (χ4v) is 2.84. The number of ether oxygens (including phenoxy) is 3. The summed E-state index contributed by atoms with van der Waals surface area (Å²) in [6.07, 6.45) is 2.54. The minimum Gasteiger partial charge on any atom is -0.504 e. The maximum atomic E-state index is 12.5. The Kier molecular flexibility index (Phi) is 13.1. The first-order valence-electron chi connectivity index (χ1n) is 11.4. The first-order chi connectivity index (χ1) is 17.1. The van der Waals surface area contributed by atoms with E-state index in [1.165, 1.54) is 38.3 Å². The summed E-state index contributed by atoms with van der Waals surface area (Å²) >= 11 is 0. The lowest BCUT2D eigenvalue weighted by molar-refractivity contribution is -0.149. The van der Waals surface area contributed by atoms with Gasteiger partial charge in [0.1, 0.15) is 12.1 Å². The van der Waals surface area contributed by atoms with Crippen molar-refractivity contribution in [3.8, 4) is 11.5 Å². The molecule has 0 aliphatic heterocycles. The number of carbonyl (C=O) groups excluding carboxylic acids is 5. The van der Waals surface area contributed by atoms with Gasteiger partial charge in [0.15, 0.2) is 11.5 Å². The third kappa shape index (κ3) is 10.9. The van der Waals surface area contributed by atoms with Gasteiger partial charge >= 0.3 is 11.9 Å². The van der Waals surface area contributed by atoms with Crippen molar-refractivity contribution in [2.45, 2.75) is 45.7 Å². The molecule has 1 aromatic carbocycles. The van der Waals surface area contributed by atoms with Gasteiger partial charge in [-0.15, -0.1) is 0 Å². The van der Waals surface area contributed by atoms with Crippen LogP contribution in [-0.4, -0.2) is 73.7 Å². The number of methoxy groups -OCH3 is 1. The number of phenols is 1. The lowest BCUT2D eigenvalue weighted by Crippen LogP contribution is -2.52. The number of phenolic OH excluding ortho intramolecular Hbond substituents is 1. The second-order valence-corrected chi connectivity index (χ2v) is 7.43. The standard InChI is InChI=1S/C24H33N3O9/c1-5-35-22(31)12-9-17(24(33)36-6-2)27-23(32)15(3)26-21(30)14-25-20(29)11-8-16-7-10-18(28)19(13-16)34-4/h7-8,10-11,13,15,17,28H,5-6,9,12,14H2,1-4H3,(H,25,29)(H,26,30)(H,27,32)/b11-8+. The smallest absolute Gasteiger partial charge is 0.328 e. The highest BCUT2D eigenvalue weighted by Gasteiger charge is 2.26. The maximum absolute atomic E-state index is 12.5. The van der Waals surface area contributed by atoms with Gasteiger partial charge in [0.25, 0.3) is 0 Å². The van der Waals surface area contributed by atoms with Crippen molar-refractivity contribution in [3.63, 3.8) is 0 Å². The van der Waals surface area contributed by atoms with Crippen LogP contribution in [0.15, 0.2) is 24.3 Å². The number of hydrogen-bond acceptors (Lipinski definition) is 9. The number of amides is 3. The molecule has 2 unspecified atom stereocenters. The van der Waals surface area contributed by atoms with Crippen molar-refractivity contribution < 1.29 is 43.3 Å². The number of aromatic hydroxyl groups is 1. The Balaban J connectivity index is 2.56. The molecule has 0 aromatic heterocycles. The molecule has 0 aliphatic carbocycles. The molecule has 1 aromatic rings. The zero-order valence-electron chi connectivity index (χ0n) is 20.8. The zero-order valence-corrected chi connectivity index (χ0v) is 20.8. The first kappa shape index (κ1) is 29.9. The first-order valence-corrected chi connectivity index (χ1v) is 11.4. The molecule has 0 fully saturated rings. The van der Waals surface area contributed by atoms with Crippen LogP contribution in [0.3, 0.4) is 0 Å². The van der Waals surface area contributed by atoms with Gasteiger partial charge in [-0.2, -0.15) is 0 Å². The second-order valence-electron chi connectivity index (χ2n) is 7.43. The Labute approximate surface area is 209 Å². The average Bonchev–Trinajstić information content (AvgIpc) is 2.84. The summed E-state index contributed by atoms with van der Waals surface area (Å²) in [5, 5.41) is 16.8. The molecule has 12 heteroatoms. The number of esters is 2. The Morgan fingerprint density at radius 2 is 1.75 bits per heavy atom. The minimum absolute atomic E-state index is 0.0284. The summed E-state index contributed by atoms with van der Waals surface area (Å²) < 4.78 is 14.7. The summed E-state index contributed by atoms with van der Waals surface area (Å²) in [5.41, 5.74) is 0.591. The Morgan fingerprint density at radius 1 is 1.06 bits per heavy atom. The minimum atomic E-state index is -1.09. The molecule has 0 spiro atoms. The van der Waals surface area contributed by atoms with Gasteiger partial charge in [0.05, 0.1) is 26.9 Å². The predicted octanol–water partition coefficient (Wildman–Crippen LogP) is 0.426. The van der Waals surface area contributed by atoms with Crippen molar-refractivity contribution in [2.75, 3.05) is 26.9 Å². The average molecular weight is 508 g/mol. The molecule has 1 rings (SSSR count). The second kappa shape index (κ2) is 15.7. The van der Waals surface area contributed by atoms with Crippen molar-refractivity contribution in [1.29, 1.82) is 0 Å². The van der Waals surface area contributed by atoms with E-state index >= 15 is 0 Å². The lowest BCUT2D eigenvalue weighted by Gasteiger charge is -2.20. The molecular weight excluding hydrogens is 474 g/mol. The molecular formula is C24H33N3O9. The highest BCUT2D eigenvalue weighted by Crippen LogP contribution is 2.26. The molecule has 0 saturated heterocycles. The van der Waals surface area contributed by atoms with Crippen LogP contribution in [-0.2, 0) is 33.4 Å². The Morgan fingerprint density at radius 3 is 2.39 bits per heavy atom. The molecule has 0 saturated carbocycles. The van der Waals surface area contributed by atoms with E-state index in [0.29, 0.717) is 5.56 Å². The van der Waals surface area contributed by atoms with Crippen molar-refractivity contribution >= 4 is 35.7 Å². The Bertz CT molecular complexity index is 962. The van der Waals surface area contributed by atoms with E-state index in [1.807, 2.05) is 0 Å². The summed E-state index contributed by atoms with van der Waals surface area (Å²) in [6, 6.07) is 2.39. The largest absolute Gasteiger partial charge is 0.504 e. The van der Waals surface area contributed by atoms with E-state index in [4.69, 9.17) is 14.2 Å². The molecule has 0 heterocycles. The van der Waals surface area contributed by atoms with Gasteiger partial charge in [0.2, 0.25) is 17.7 Å². The van der Waals surface area contributed by atoms with E-state index in [9.17, 15) is 29.1 Å². The van der Waals surface area contributed by atoms with Gasteiger partial charge in [0, 0.05) is 12.5 Å². The van der Waals surface area contributed by atoms with Crippen LogP contribution in [0, 0.1) is 0 Å². The molecule has 3 amide bonds. The molecule has 0 bridgehead atoms. The van der Waals surface area contributed by atoms with Gasteiger partial charge in [-0.05, 0) is 51.0 Å². The van der Waals surface area contributed by atoms with Crippen LogP contribution in [0.2, 0.25) is 0 Å². The summed E-state index contributed by atoms with van der Waals surface area (Å²) in [4.78, 5) is 60.3. The fourth-order valence-electron chi connectivity index (χ4n) is 2.84. The normalized spacial score (nSPS) is 12.2. The van der Waals surface area contributed by atoms with Crippen LogP contribution in [0.4, 0.5) is 0 Å². The number of rotatable bonds is 14. The maximum Gasteiger partial charge on any atom is 0.328 e. The fraction of sp³-hybridized carbons (Fsp3) is 0.458. The topological polar surface area (TPSA) is 169 Å². The van der Waals surface area contributed by atoms with Crippen molar-refractivity contribution in [1.82, 2.24) is 16.0 Å². The van der Waals surface area contributed by atoms with E-state index in [-0.39, 0.29) is 37.6 Å². The number of nitrogens with one attached hydrogen (secondary N) is 3. The van der Waals surface area contributed by atoms with Gasteiger partial charge < -0.3 is 35.3 Å². The highest BCUT2D eigenvalue weighted by atomic mass is 16.5. The van der Waals surface area contributed by atoms with Crippen LogP contribution in [0.1, 0.15) is 39.2 Å². The summed E-state index contributed by atoms with van der Waals surface area (Å²) in [6.45, 7) is 4.54. The Hall–Kier alpha value is -4.09. The van der Waals surface area contributed by atoms with Crippen LogP contribution < -0.4 is 20.7 Å². The summed E-state index contributed by atoms with van der Waals surface area (Å²) in [7, 11) is 1.40. The van der Waals surface area contributed by atoms with E-state index < -0.39 is 48.3 Å². The summed E-state index contributed by atoms with van der Waals surface area (Å²) in [5.74, 6) is -2.88. The number of hydrogen-bond donors (Lipinski definition) is 4. The molecule has 4 N–H and O–H groups in total. The molecule has 0 aliphatic rings. The zero-order chi connectivity index (χ0) is 27.1. The molecule has 12 nitrogen and oxygen atoms in total. The lowest BCUT2D eigenvalue weighted by atomic mass is 10.1. The predicted molar refractivity (Wildman–Crippen MR) is 129 cm³/mol. The third-order valence-electron chi connectivity index (χ3n) is 4.65. The van der Waals surface area contributed by atoms with Crippen LogP contribution in [0.25, 0.3) is 6.08 Å². The van der Waals surface area contributed by atoms with Crippen molar-refractivity contribution in [3.05, 3.63) is 29.8 Å². The highest BCUT2D eigenvalue weighted by molar-refractivity contribution is 5.95. The molecule has 2 atom stereocenters. The van der Waals surface area contributed by atoms with E-state index in [1.54, 1.807) is 19.9 Å². The SMILES string of the molecule is CCOC(=O)CCC(NC(=O)C(C)NC(=O)CNC(=O)/C=C/c1ccc(O)c(OC)c1)C(=O)OCC. The molecule has 198 valence electrons. The van der Waals surface area contributed by atoms with Gasteiger partial charge in [-0.25, -0.2) is 4.79 Å². The van der Waals surface area contributed by atoms with Gasteiger partial charge in [-0.3, -0.25) is 19.2 Å². The van der Waals surface area contributed by atoms with Gasteiger partial charge in [-0.1, -0.05) is 6.07 Å². The number of carbonyl (C=O) groups is 5. The quantitative estimate of drug-likeness (QED) is 0.206. The van der Waals surface area contributed by atoms with Crippen LogP contribution in [0.5, 0.6) is 11.5 Å². The van der Waals surface area contributed by atoms with E-state index in [0.717, 1.165) is 0 Å². The van der Waals surface area contributed by atoms with Crippen LogP contribution >= 0.6 is 0 Å². The van der Waals surface area contributed by atoms with Crippen molar-refractivity contribution in [2.24, 2.45) is 0 Å². The van der Waals surface area contributed by atoms with E-state index in [2.05, 4.69) is 16.0 Å². The monoisotopic (exact) mass is 507 g/mol. The number of benzene rings is 1. The molecule has 0 radical (unpaired) electrons. The third-order valence-corrected chi connectivity index (χ3v) is 4.65. The molecule has 36 heavy (non-hydrogen) atoms.